The Kier molecular flexibility index (Phi) is 4.35. The highest BCUT2D eigenvalue weighted by Crippen LogP contribution is 2.48. The molecule has 0 aromatic heterocycles. The van der Waals surface area contributed by atoms with E-state index in [2.05, 4.69) is 21.1 Å². The summed E-state index contributed by atoms with van der Waals surface area (Å²) < 4.78 is 25.4. The number of nitrogens with zero attached hydrogens (tertiary/aromatic N) is 1. The first kappa shape index (κ1) is 18.2. The van der Waals surface area contributed by atoms with Crippen molar-refractivity contribution in [1.29, 1.82) is 0 Å². The van der Waals surface area contributed by atoms with E-state index in [-0.39, 0.29) is 17.7 Å². The third-order valence-electron chi connectivity index (χ3n) is 5.25. The van der Waals surface area contributed by atoms with Crippen LogP contribution in [0.3, 0.4) is 0 Å². The van der Waals surface area contributed by atoms with Gasteiger partial charge in [0.2, 0.25) is 0 Å². The number of oxime groups is 1. The molecule has 0 bridgehead atoms. The van der Waals surface area contributed by atoms with Crippen molar-refractivity contribution in [2.45, 2.75) is 28.6 Å². The maximum atomic E-state index is 13.2. The Morgan fingerprint density at radius 2 is 1.89 bits per heavy atom. The van der Waals surface area contributed by atoms with E-state index < -0.39 is 32.6 Å². The molecule has 0 radical (unpaired) electrons. The number of aliphatic carboxylic acids is 1. The fourth-order valence-electron chi connectivity index (χ4n) is 3.86. The van der Waals surface area contributed by atoms with Gasteiger partial charge in [-0.2, -0.15) is 0 Å². The maximum absolute atomic E-state index is 13.2. The highest BCUT2D eigenvalue weighted by atomic mass is 79.9. The average Bonchev–Trinajstić information content (AvgIpc) is 3.21. The number of sulfone groups is 1. The molecule has 8 heteroatoms. The molecule has 1 fully saturated rings. The van der Waals surface area contributed by atoms with Crippen LogP contribution in [-0.2, 0) is 19.5 Å². The van der Waals surface area contributed by atoms with Gasteiger partial charge in [-0.05, 0) is 30.7 Å². The molecule has 140 valence electrons. The van der Waals surface area contributed by atoms with E-state index >= 15 is 0 Å². The molecule has 6 nitrogen and oxygen atoms in total. The molecule has 0 saturated heterocycles. The van der Waals surface area contributed by atoms with E-state index in [1.807, 2.05) is 24.3 Å². The number of hydrogen-bond acceptors (Lipinski definition) is 5. The van der Waals surface area contributed by atoms with Crippen molar-refractivity contribution in [3.05, 3.63) is 64.6 Å². The van der Waals surface area contributed by atoms with Crippen LogP contribution in [0.5, 0.6) is 0 Å². The summed E-state index contributed by atoms with van der Waals surface area (Å²) in [6.45, 7) is 0. The lowest BCUT2D eigenvalue weighted by Gasteiger charge is -2.25. The second-order valence-corrected chi connectivity index (χ2v) is 9.94. The molecule has 2 aliphatic rings. The summed E-state index contributed by atoms with van der Waals surface area (Å²) in [7, 11) is -4.10. The Hall–Kier alpha value is -2.19. The molecule has 2 aromatic rings. The van der Waals surface area contributed by atoms with Crippen LogP contribution >= 0.6 is 15.9 Å². The lowest BCUT2D eigenvalue weighted by Crippen LogP contribution is -2.45. The van der Waals surface area contributed by atoms with Crippen LogP contribution in [0.4, 0.5) is 0 Å². The molecule has 4 rings (SSSR count). The summed E-state index contributed by atoms with van der Waals surface area (Å²) in [6.07, 6.45) is -0.783. The van der Waals surface area contributed by atoms with Crippen LogP contribution in [-0.4, -0.2) is 36.1 Å². The van der Waals surface area contributed by atoms with Crippen molar-refractivity contribution >= 4 is 37.4 Å². The van der Waals surface area contributed by atoms with Gasteiger partial charge in [0.1, 0.15) is 6.10 Å². The summed E-state index contributed by atoms with van der Waals surface area (Å²) in [5.74, 6) is -1.74. The summed E-state index contributed by atoms with van der Waals surface area (Å²) in [4.78, 5) is 17.7. The SMILES string of the molecule is O=C(O)[C@]1(S(=O)(=O)c2ccccc2)CC2ON=C(c3cccc(Br)c3)C2C1. The molecule has 0 spiro atoms. The average molecular weight is 450 g/mol. The van der Waals surface area contributed by atoms with Crippen molar-refractivity contribution in [2.75, 3.05) is 0 Å². The van der Waals surface area contributed by atoms with Crippen LogP contribution in [0.15, 0.2) is 69.1 Å². The van der Waals surface area contributed by atoms with E-state index in [1.165, 1.54) is 12.1 Å². The summed E-state index contributed by atoms with van der Waals surface area (Å²) in [6, 6.07) is 15.1. The molecular weight excluding hydrogens is 434 g/mol. The van der Waals surface area contributed by atoms with Crippen LogP contribution in [0.25, 0.3) is 0 Å². The number of benzene rings is 2. The zero-order chi connectivity index (χ0) is 19.2. The molecule has 0 amide bonds. The minimum Gasteiger partial charge on any atom is -0.480 e. The molecule has 2 aromatic carbocycles. The normalized spacial score (nSPS) is 26.9. The highest BCUT2D eigenvalue weighted by molar-refractivity contribution is 9.10. The molecule has 1 heterocycles. The fraction of sp³-hybridized carbons (Fsp3) is 0.263. The molecule has 1 N–H and O–H groups in total. The molecule has 1 saturated carbocycles. The van der Waals surface area contributed by atoms with Gasteiger partial charge < -0.3 is 9.94 Å². The minimum absolute atomic E-state index is 0.00770. The first-order chi connectivity index (χ1) is 12.8. The Balaban J connectivity index is 1.75. The van der Waals surface area contributed by atoms with E-state index in [0.717, 1.165) is 10.0 Å². The van der Waals surface area contributed by atoms with Gasteiger partial charge in [-0.1, -0.05) is 51.4 Å². The third-order valence-corrected chi connectivity index (χ3v) is 8.17. The Morgan fingerprint density at radius 3 is 2.56 bits per heavy atom. The predicted octanol–water partition coefficient (Wildman–Crippen LogP) is 3.26. The van der Waals surface area contributed by atoms with E-state index in [9.17, 15) is 18.3 Å². The number of halogens is 1. The molecule has 3 atom stereocenters. The van der Waals surface area contributed by atoms with Crippen LogP contribution in [0.2, 0.25) is 0 Å². The summed E-state index contributed by atoms with van der Waals surface area (Å²) >= 11 is 3.40. The lowest BCUT2D eigenvalue weighted by molar-refractivity contribution is -0.140. The van der Waals surface area contributed by atoms with Gasteiger partial charge in [0, 0.05) is 22.4 Å². The van der Waals surface area contributed by atoms with Crippen LogP contribution < -0.4 is 0 Å². The standard InChI is InChI=1S/C19H16BrNO5S/c20-13-6-4-5-12(9-13)17-15-10-19(18(22)23,11-16(15)26-21-17)27(24,25)14-7-2-1-3-8-14/h1-9,15-16H,10-11H2,(H,22,23)/t15?,16?,19-/m1/s1. The van der Waals surface area contributed by atoms with E-state index in [1.54, 1.807) is 18.2 Å². The molecule has 27 heavy (non-hydrogen) atoms. The lowest BCUT2D eigenvalue weighted by atomic mass is 9.93. The van der Waals surface area contributed by atoms with Gasteiger partial charge in [-0.15, -0.1) is 0 Å². The topological polar surface area (TPSA) is 93.0 Å². The maximum Gasteiger partial charge on any atom is 0.325 e. The van der Waals surface area contributed by atoms with Crippen molar-refractivity contribution in [1.82, 2.24) is 0 Å². The van der Waals surface area contributed by atoms with E-state index in [4.69, 9.17) is 4.84 Å². The fourth-order valence-corrected chi connectivity index (χ4v) is 6.24. The van der Waals surface area contributed by atoms with Gasteiger partial charge in [0.05, 0.1) is 10.6 Å². The summed E-state index contributed by atoms with van der Waals surface area (Å²) in [5.41, 5.74) is 1.38. The van der Waals surface area contributed by atoms with Gasteiger partial charge in [0.15, 0.2) is 14.6 Å². The second kappa shape index (κ2) is 6.45. The third kappa shape index (κ3) is 2.78. The number of carbonyl (C=O) groups is 1. The molecule has 1 aliphatic heterocycles. The smallest absolute Gasteiger partial charge is 0.325 e. The Labute approximate surface area is 164 Å². The van der Waals surface area contributed by atoms with Crippen molar-refractivity contribution in [3.63, 3.8) is 0 Å². The molecule has 1 aliphatic carbocycles. The second-order valence-electron chi connectivity index (χ2n) is 6.76. The molecule has 2 unspecified atom stereocenters. The number of fused-ring (bicyclic) bond motifs is 1. The summed E-state index contributed by atoms with van der Waals surface area (Å²) in [5, 5.41) is 14.1. The number of rotatable bonds is 4. The van der Waals surface area contributed by atoms with Crippen LogP contribution in [0.1, 0.15) is 18.4 Å². The van der Waals surface area contributed by atoms with E-state index in [0.29, 0.717) is 5.71 Å². The van der Waals surface area contributed by atoms with Gasteiger partial charge in [-0.25, -0.2) is 8.42 Å². The quantitative estimate of drug-likeness (QED) is 0.772. The number of hydrogen-bond donors (Lipinski definition) is 1. The molecular formula is C19H16BrNO5S. The van der Waals surface area contributed by atoms with Gasteiger partial charge in [-0.3, -0.25) is 4.79 Å². The Bertz CT molecular complexity index is 1040. The number of carboxylic acids is 1. The highest BCUT2D eigenvalue weighted by Gasteiger charge is 2.63. The number of carboxylic acid groups (broad SMARTS) is 1. The van der Waals surface area contributed by atoms with Crippen molar-refractivity contribution in [2.24, 2.45) is 11.1 Å². The monoisotopic (exact) mass is 449 g/mol. The zero-order valence-corrected chi connectivity index (χ0v) is 16.5. The van der Waals surface area contributed by atoms with Crippen molar-refractivity contribution in [3.8, 4) is 0 Å². The van der Waals surface area contributed by atoms with Crippen LogP contribution in [0, 0.1) is 5.92 Å². The predicted molar refractivity (Wildman–Crippen MR) is 102 cm³/mol. The Morgan fingerprint density at radius 1 is 1.15 bits per heavy atom. The first-order valence-corrected chi connectivity index (χ1v) is 10.7. The van der Waals surface area contributed by atoms with Gasteiger partial charge in [0.25, 0.3) is 0 Å². The largest absolute Gasteiger partial charge is 0.480 e. The van der Waals surface area contributed by atoms with Crippen molar-refractivity contribution < 1.29 is 23.2 Å². The zero-order valence-electron chi connectivity index (χ0n) is 14.1. The van der Waals surface area contributed by atoms with Gasteiger partial charge >= 0.3 is 5.97 Å². The minimum atomic E-state index is -4.10. The first-order valence-electron chi connectivity index (χ1n) is 8.38.